The highest BCUT2D eigenvalue weighted by atomic mass is 79.9. The van der Waals surface area contributed by atoms with Crippen LogP contribution >= 0.6 is 27.3 Å². The van der Waals surface area contributed by atoms with Crippen LogP contribution in [0.2, 0.25) is 0 Å². The molecule has 0 spiro atoms. The molecule has 0 bridgehead atoms. The summed E-state index contributed by atoms with van der Waals surface area (Å²) < 4.78 is 0.801. The lowest BCUT2D eigenvalue weighted by molar-refractivity contribution is 0.0948. The Bertz CT molecular complexity index is 622. The molecule has 0 saturated heterocycles. The first-order chi connectivity index (χ1) is 9.61. The third-order valence-corrected chi connectivity index (χ3v) is 4.56. The van der Waals surface area contributed by atoms with Crippen molar-refractivity contribution in [3.63, 3.8) is 0 Å². The summed E-state index contributed by atoms with van der Waals surface area (Å²) in [5.74, 6) is -0.231. The van der Waals surface area contributed by atoms with Gasteiger partial charge in [-0.3, -0.25) is 9.59 Å². The Morgan fingerprint density at radius 1 is 1.15 bits per heavy atom. The van der Waals surface area contributed by atoms with E-state index in [0.29, 0.717) is 17.0 Å². The number of thiophene rings is 1. The SMILES string of the molecule is CNC(=O)c1ccc(CNC(=O)c2sccc2Br)cc1. The number of carbonyl (C=O) groups excluding carboxylic acids is 2. The molecule has 1 heterocycles. The topological polar surface area (TPSA) is 58.2 Å². The Morgan fingerprint density at radius 2 is 1.85 bits per heavy atom. The summed E-state index contributed by atoms with van der Waals surface area (Å²) in [6, 6.07) is 8.98. The average molecular weight is 353 g/mol. The van der Waals surface area contributed by atoms with Gasteiger partial charge in [0.15, 0.2) is 0 Å². The number of hydrogen-bond donors (Lipinski definition) is 2. The van der Waals surface area contributed by atoms with Crippen molar-refractivity contribution in [2.45, 2.75) is 6.54 Å². The third kappa shape index (κ3) is 3.46. The summed E-state index contributed by atoms with van der Waals surface area (Å²) in [7, 11) is 1.59. The summed E-state index contributed by atoms with van der Waals surface area (Å²) in [4.78, 5) is 24.0. The van der Waals surface area contributed by atoms with E-state index in [-0.39, 0.29) is 11.8 Å². The highest BCUT2D eigenvalue weighted by Gasteiger charge is 2.11. The van der Waals surface area contributed by atoms with E-state index in [9.17, 15) is 9.59 Å². The van der Waals surface area contributed by atoms with E-state index in [0.717, 1.165) is 10.0 Å². The van der Waals surface area contributed by atoms with Crippen LogP contribution in [-0.2, 0) is 6.54 Å². The van der Waals surface area contributed by atoms with E-state index in [2.05, 4.69) is 26.6 Å². The highest BCUT2D eigenvalue weighted by molar-refractivity contribution is 9.10. The minimum atomic E-state index is -0.122. The zero-order valence-electron chi connectivity index (χ0n) is 10.8. The first-order valence-electron chi connectivity index (χ1n) is 5.94. The van der Waals surface area contributed by atoms with Crippen LogP contribution < -0.4 is 10.6 Å². The third-order valence-electron chi connectivity index (χ3n) is 2.72. The molecule has 0 atom stereocenters. The number of nitrogens with one attached hydrogen (secondary N) is 2. The molecular formula is C14H13BrN2O2S. The smallest absolute Gasteiger partial charge is 0.262 e. The summed E-state index contributed by atoms with van der Waals surface area (Å²) in [6.07, 6.45) is 0. The Balaban J connectivity index is 1.96. The van der Waals surface area contributed by atoms with E-state index in [1.807, 2.05) is 23.6 Å². The summed E-state index contributed by atoms with van der Waals surface area (Å²) in [5.41, 5.74) is 1.54. The van der Waals surface area contributed by atoms with Crippen molar-refractivity contribution in [1.29, 1.82) is 0 Å². The fourth-order valence-electron chi connectivity index (χ4n) is 1.64. The second kappa shape index (κ2) is 6.67. The van der Waals surface area contributed by atoms with Crippen LogP contribution in [0.3, 0.4) is 0 Å². The van der Waals surface area contributed by atoms with Crippen LogP contribution in [0, 0.1) is 0 Å². The van der Waals surface area contributed by atoms with Crippen LogP contribution in [0.4, 0.5) is 0 Å². The number of rotatable bonds is 4. The normalized spacial score (nSPS) is 10.1. The molecule has 20 heavy (non-hydrogen) atoms. The lowest BCUT2D eigenvalue weighted by Gasteiger charge is -2.05. The maximum Gasteiger partial charge on any atom is 0.262 e. The molecule has 0 aliphatic heterocycles. The Hall–Kier alpha value is -1.66. The van der Waals surface area contributed by atoms with Crippen molar-refractivity contribution in [1.82, 2.24) is 10.6 Å². The second-order valence-corrected chi connectivity index (χ2v) is 5.83. The maximum atomic E-state index is 11.9. The van der Waals surface area contributed by atoms with E-state index in [1.54, 1.807) is 19.2 Å². The van der Waals surface area contributed by atoms with Gasteiger partial charge in [0.25, 0.3) is 11.8 Å². The summed E-state index contributed by atoms with van der Waals surface area (Å²) in [5, 5.41) is 7.27. The van der Waals surface area contributed by atoms with E-state index >= 15 is 0 Å². The van der Waals surface area contributed by atoms with Crippen molar-refractivity contribution < 1.29 is 9.59 Å². The molecule has 0 fully saturated rings. The van der Waals surface area contributed by atoms with E-state index in [1.165, 1.54) is 11.3 Å². The van der Waals surface area contributed by atoms with Gasteiger partial charge in [0, 0.05) is 23.6 Å². The number of halogens is 1. The van der Waals surface area contributed by atoms with Gasteiger partial charge in [-0.25, -0.2) is 0 Å². The second-order valence-electron chi connectivity index (χ2n) is 4.06. The molecule has 2 amide bonds. The molecule has 2 N–H and O–H groups in total. The molecular weight excluding hydrogens is 340 g/mol. The van der Waals surface area contributed by atoms with Gasteiger partial charge in [-0.15, -0.1) is 11.3 Å². The largest absolute Gasteiger partial charge is 0.355 e. The van der Waals surface area contributed by atoms with Crippen molar-refractivity contribution in [3.8, 4) is 0 Å². The van der Waals surface area contributed by atoms with Crippen LogP contribution in [0.15, 0.2) is 40.2 Å². The van der Waals surface area contributed by atoms with Gasteiger partial charge < -0.3 is 10.6 Å². The maximum absolute atomic E-state index is 11.9. The molecule has 1 aromatic heterocycles. The number of carbonyl (C=O) groups is 2. The van der Waals surface area contributed by atoms with Gasteiger partial charge in [-0.05, 0) is 45.1 Å². The monoisotopic (exact) mass is 352 g/mol. The lowest BCUT2D eigenvalue weighted by Crippen LogP contribution is -2.22. The number of amides is 2. The number of hydrogen-bond acceptors (Lipinski definition) is 3. The minimum absolute atomic E-state index is 0.109. The molecule has 0 aliphatic rings. The highest BCUT2D eigenvalue weighted by Crippen LogP contribution is 2.22. The standard InChI is InChI=1S/C14H13BrN2O2S/c1-16-13(18)10-4-2-9(3-5-10)8-17-14(19)12-11(15)6-7-20-12/h2-7H,8H2,1H3,(H,16,18)(H,17,19). The predicted molar refractivity (Wildman–Crippen MR) is 83.0 cm³/mol. The molecule has 0 unspecified atom stereocenters. The summed E-state index contributed by atoms with van der Waals surface area (Å²) in [6.45, 7) is 0.428. The van der Waals surface area contributed by atoms with E-state index < -0.39 is 0 Å². The van der Waals surface area contributed by atoms with Gasteiger partial charge in [-0.1, -0.05) is 12.1 Å². The first kappa shape index (κ1) is 14.7. The Labute approximate surface area is 129 Å². The summed E-state index contributed by atoms with van der Waals surface area (Å²) >= 11 is 4.72. The Morgan fingerprint density at radius 3 is 2.40 bits per heavy atom. The van der Waals surface area contributed by atoms with Crippen molar-refractivity contribution in [2.24, 2.45) is 0 Å². The molecule has 0 aliphatic carbocycles. The van der Waals surface area contributed by atoms with Crippen LogP contribution in [-0.4, -0.2) is 18.9 Å². The molecule has 0 saturated carbocycles. The van der Waals surface area contributed by atoms with Crippen LogP contribution in [0.25, 0.3) is 0 Å². The van der Waals surface area contributed by atoms with Crippen LogP contribution in [0.5, 0.6) is 0 Å². The molecule has 2 rings (SSSR count). The van der Waals surface area contributed by atoms with Crippen molar-refractivity contribution >= 4 is 39.1 Å². The van der Waals surface area contributed by atoms with Gasteiger partial charge in [-0.2, -0.15) is 0 Å². The molecule has 2 aromatic rings. The molecule has 4 nitrogen and oxygen atoms in total. The molecule has 0 radical (unpaired) electrons. The molecule has 6 heteroatoms. The Kier molecular flexibility index (Phi) is 4.92. The lowest BCUT2D eigenvalue weighted by atomic mass is 10.1. The van der Waals surface area contributed by atoms with Gasteiger partial charge in [0.05, 0.1) is 0 Å². The van der Waals surface area contributed by atoms with Gasteiger partial charge >= 0.3 is 0 Å². The molecule has 104 valence electrons. The van der Waals surface area contributed by atoms with Crippen LogP contribution in [0.1, 0.15) is 25.6 Å². The first-order valence-corrected chi connectivity index (χ1v) is 7.61. The minimum Gasteiger partial charge on any atom is -0.355 e. The number of benzene rings is 1. The van der Waals surface area contributed by atoms with Crippen molar-refractivity contribution in [2.75, 3.05) is 7.05 Å². The fraction of sp³-hybridized carbons (Fsp3) is 0.143. The average Bonchev–Trinajstić information content (AvgIpc) is 2.90. The molecule has 1 aromatic carbocycles. The van der Waals surface area contributed by atoms with E-state index in [4.69, 9.17) is 0 Å². The van der Waals surface area contributed by atoms with Crippen molar-refractivity contribution in [3.05, 3.63) is 56.2 Å². The fourth-order valence-corrected chi connectivity index (χ4v) is 3.10. The zero-order valence-corrected chi connectivity index (χ0v) is 13.2. The zero-order chi connectivity index (χ0) is 14.5. The van der Waals surface area contributed by atoms with Gasteiger partial charge in [0.1, 0.15) is 4.88 Å². The predicted octanol–water partition coefficient (Wildman–Crippen LogP) is 2.80. The quantitative estimate of drug-likeness (QED) is 0.888. The van der Waals surface area contributed by atoms with Gasteiger partial charge in [0.2, 0.25) is 0 Å².